The molecule has 0 heterocycles. The molecule has 4 aliphatic rings. The molecule has 0 bridgehead atoms. The summed E-state index contributed by atoms with van der Waals surface area (Å²) in [7, 11) is 0. The highest BCUT2D eigenvalue weighted by atomic mass is 16.3. The summed E-state index contributed by atoms with van der Waals surface area (Å²) in [5.74, 6) is 1.87. The summed E-state index contributed by atoms with van der Waals surface area (Å²) in [5.41, 5.74) is 0.681. The lowest BCUT2D eigenvalue weighted by Gasteiger charge is -2.59. The van der Waals surface area contributed by atoms with Gasteiger partial charge in [-0.15, -0.1) is 0 Å². The zero-order chi connectivity index (χ0) is 17.3. The standard InChI is InChI=1S/C21H34O3/c1-13(22)21(24)11-8-18-16-5-4-14-12-15(23)6-9-19(14,2)17(16)7-10-20(18,21)3/h12-13,15-18,22-24H,4-11H2,1-3H3/t13?,15?,16-,17+,18+,19+,20+,21+/m1/s1. The number of hydrogen-bond acceptors (Lipinski definition) is 3. The van der Waals surface area contributed by atoms with Crippen LogP contribution in [0.1, 0.15) is 72.1 Å². The van der Waals surface area contributed by atoms with E-state index in [0.717, 1.165) is 44.9 Å². The van der Waals surface area contributed by atoms with Crippen LogP contribution in [0, 0.1) is 28.6 Å². The molecule has 136 valence electrons. The highest BCUT2D eigenvalue weighted by Crippen LogP contribution is 2.68. The largest absolute Gasteiger partial charge is 0.390 e. The van der Waals surface area contributed by atoms with E-state index in [2.05, 4.69) is 19.9 Å². The topological polar surface area (TPSA) is 60.7 Å². The maximum Gasteiger partial charge on any atom is 0.0958 e. The van der Waals surface area contributed by atoms with Crippen molar-refractivity contribution < 1.29 is 15.3 Å². The van der Waals surface area contributed by atoms with E-state index in [-0.39, 0.29) is 16.9 Å². The maximum absolute atomic E-state index is 11.3. The summed E-state index contributed by atoms with van der Waals surface area (Å²) >= 11 is 0. The molecule has 0 saturated heterocycles. The first-order valence-electron chi connectivity index (χ1n) is 10.0. The lowest BCUT2D eigenvalue weighted by molar-refractivity contribution is -0.172. The molecular weight excluding hydrogens is 300 g/mol. The van der Waals surface area contributed by atoms with Crippen LogP contribution in [-0.4, -0.2) is 33.1 Å². The van der Waals surface area contributed by atoms with Gasteiger partial charge in [0.25, 0.3) is 0 Å². The molecule has 24 heavy (non-hydrogen) atoms. The molecule has 3 heteroatoms. The number of aliphatic hydroxyl groups is 3. The van der Waals surface area contributed by atoms with Gasteiger partial charge >= 0.3 is 0 Å². The first kappa shape index (κ1) is 17.1. The van der Waals surface area contributed by atoms with E-state index < -0.39 is 11.7 Å². The number of allylic oxidation sites excluding steroid dienone is 1. The zero-order valence-corrected chi connectivity index (χ0v) is 15.5. The maximum atomic E-state index is 11.3. The molecule has 0 spiro atoms. The Balaban J connectivity index is 1.67. The van der Waals surface area contributed by atoms with E-state index in [0.29, 0.717) is 17.8 Å². The van der Waals surface area contributed by atoms with Crippen molar-refractivity contribution in [3.8, 4) is 0 Å². The third-order valence-corrected chi connectivity index (χ3v) is 9.00. The Morgan fingerprint density at radius 2 is 1.75 bits per heavy atom. The van der Waals surface area contributed by atoms with Gasteiger partial charge in [-0.3, -0.25) is 0 Å². The van der Waals surface area contributed by atoms with Crippen LogP contribution < -0.4 is 0 Å². The van der Waals surface area contributed by atoms with Gasteiger partial charge in [0.1, 0.15) is 0 Å². The van der Waals surface area contributed by atoms with Crippen molar-refractivity contribution in [2.75, 3.05) is 0 Å². The second kappa shape index (κ2) is 5.31. The van der Waals surface area contributed by atoms with Gasteiger partial charge in [-0.05, 0) is 81.5 Å². The SMILES string of the molecule is CC(O)[C@@]1(O)CC[C@H]2[C@@H]3CCC4=CC(O)CC[C@]4(C)[C@H]3CC[C@@]21C. The first-order chi connectivity index (χ1) is 11.2. The van der Waals surface area contributed by atoms with Crippen molar-refractivity contribution >= 4 is 0 Å². The van der Waals surface area contributed by atoms with Gasteiger partial charge in [0.15, 0.2) is 0 Å². The quantitative estimate of drug-likeness (QED) is 0.644. The summed E-state index contributed by atoms with van der Waals surface area (Å²) in [6.45, 7) is 6.44. The summed E-state index contributed by atoms with van der Waals surface area (Å²) in [6, 6.07) is 0. The van der Waals surface area contributed by atoms with Crippen LogP contribution in [0.4, 0.5) is 0 Å². The fraction of sp³-hybridized carbons (Fsp3) is 0.905. The van der Waals surface area contributed by atoms with E-state index in [1.807, 2.05) is 0 Å². The molecule has 0 aliphatic heterocycles. The fourth-order valence-electron chi connectivity index (χ4n) is 7.45. The van der Waals surface area contributed by atoms with Gasteiger partial charge in [0.05, 0.1) is 17.8 Å². The lowest BCUT2D eigenvalue weighted by Crippen LogP contribution is -2.58. The minimum Gasteiger partial charge on any atom is -0.390 e. The predicted octanol–water partition coefficient (Wildman–Crippen LogP) is 3.42. The van der Waals surface area contributed by atoms with Gasteiger partial charge in [0, 0.05) is 5.41 Å². The Hall–Kier alpha value is -0.380. The lowest BCUT2D eigenvalue weighted by atomic mass is 9.46. The minimum absolute atomic E-state index is 0.145. The molecule has 0 aromatic rings. The Morgan fingerprint density at radius 3 is 2.46 bits per heavy atom. The van der Waals surface area contributed by atoms with Crippen molar-refractivity contribution in [2.45, 2.75) is 89.9 Å². The molecule has 8 atom stereocenters. The predicted molar refractivity (Wildman–Crippen MR) is 94.3 cm³/mol. The molecule has 0 aromatic heterocycles. The molecule has 3 fully saturated rings. The average Bonchev–Trinajstić information content (AvgIpc) is 2.81. The van der Waals surface area contributed by atoms with Gasteiger partial charge < -0.3 is 15.3 Å². The second-order valence-electron chi connectivity index (χ2n) is 9.73. The van der Waals surface area contributed by atoms with Crippen LogP contribution in [-0.2, 0) is 0 Å². The Morgan fingerprint density at radius 1 is 1.04 bits per heavy atom. The van der Waals surface area contributed by atoms with Crippen molar-refractivity contribution in [1.29, 1.82) is 0 Å². The van der Waals surface area contributed by atoms with E-state index in [1.54, 1.807) is 6.92 Å². The highest BCUT2D eigenvalue weighted by molar-refractivity contribution is 5.26. The summed E-state index contributed by atoms with van der Waals surface area (Å²) < 4.78 is 0. The van der Waals surface area contributed by atoms with Crippen molar-refractivity contribution in [3.05, 3.63) is 11.6 Å². The van der Waals surface area contributed by atoms with Gasteiger partial charge in [-0.1, -0.05) is 25.5 Å². The van der Waals surface area contributed by atoms with Crippen LogP contribution in [0.2, 0.25) is 0 Å². The molecule has 0 amide bonds. The molecule has 3 nitrogen and oxygen atoms in total. The fourth-order valence-corrected chi connectivity index (χ4v) is 7.45. The average molecular weight is 335 g/mol. The monoisotopic (exact) mass is 334 g/mol. The molecule has 3 N–H and O–H groups in total. The van der Waals surface area contributed by atoms with Crippen molar-refractivity contribution in [1.82, 2.24) is 0 Å². The van der Waals surface area contributed by atoms with Crippen LogP contribution in [0.25, 0.3) is 0 Å². The second-order valence-corrected chi connectivity index (χ2v) is 9.73. The third kappa shape index (κ3) is 2.01. The molecular formula is C21H34O3. The number of aliphatic hydroxyl groups excluding tert-OH is 2. The van der Waals surface area contributed by atoms with Crippen LogP contribution in [0.5, 0.6) is 0 Å². The van der Waals surface area contributed by atoms with Crippen LogP contribution in [0.15, 0.2) is 11.6 Å². The normalized spacial score (nSPS) is 55.2. The molecule has 3 saturated carbocycles. The summed E-state index contributed by atoms with van der Waals surface area (Å²) in [4.78, 5) is 0. The first-order valence-corrected chi connectivity index (χ1v) is 10.0. The third-order valence-electron chi connectivity index (χ3n) is 9.00. The van der Waals surface area contributed by atoms with E-state index >= 15 is 0 Å². The highest BCUT2D eigenvalue weighted by Gasteiger charge is 2.65. The Bertz CT molecular complexity index is 555. The molecule has 4 rings (SSSR count). The van der Waals surface area contributed by atoms with Crippen LogP contribution in [0.3, 0.4) is 0 Å². The molecule has 2 unspecified atom stereocenters. The molecule has 0 radical (unpaired) electrons. The number of fused-ring (bicyclic) bond motifs is 5. The van der Waals surface area contributed by atoms with Gasteiger partial charge in [-0.2, -0.15) is 0 Å². The van der Waals surface area contributed by atoms with Crippen molar-refractivity contribution in [3.63, 3.8) is 0 Å². The minimum atomic E-state index is -0.914. The molecule has 0 aromatic carbocycles. The van der Waals surface area contributed by atoms with E-state index in [1.165, 1.54) is 12.0 Å². The van der Waals surface area contributed by atoms with E-state index in [4.69, 9.17) is 0 Å². The zero-order valence-electron chi connectivity index (χ0n) is 15.5. The van der Waals surface area contributed by atoms with Crippen molar-refractivity contribution in [2.24, 2.45) is 28.6 Å². The summed E-state index contributed by atoms with van der Waals surface area (Å²) in [6.07, 6.45) is 9.51. The summed E-state index contributed by atoms with van der Waals surface area (Å²) in [5, 5.41) is 31.6. The molecule has 4 aliphatic carbocycles. The number of hydrogen-bond donors (Lipinski definition) is 3. The Labute approximate surface area is 146 Å². The number of rotatable bonds is 1. The van der Waals surface area contributed by atoms with Crippen LogP contribution >= 0.6 is 0 Å². The smallest absolute Gasteiger partial charge is 0.0958 e. The van der Waals surface area contributed by atoms with Gasteiger partial charge in [0.2, 0.25) is 0 Å². The van der Waals surface area contributed by atoms with E-state index in [9.17, 15) is 15.3 Å². The Kier molecular flexibility index (Phi) is 3.77. The van der Waals surface area contributed by atoms with Gasteiger partial charge in [-0.25, -0.2) is 0 Å².